The van der Waals surface area contributed by atoms with Crippen molar-refractivity contribution in [3.63, 3.8) is 0 Å². The summed E-state index contributed by atoms with van der Waals surface area (Å²) in [6.45, 7) is 0.224. The highest BCUT2D eigenvalue weighted by Gasteiger charge is 2.61. The average molecular weight is 476 g/mol. The third kappa shape index (κ3) is 2.60. The zero-order valence-electron chi connectivity index (χ0n) is 18.2. The molecule has 4 heterocycles. The summed E-state index contributed by atoms with van der Waals surface area (Å²) in [5, 5.41) is 6.66. The number of hydrogen-bond acceptors (Lipinski definition) is 7. The number of esters is 2. The van der Waals surface area contributed by atoms with Gasteiger partial charge in [-0.15, -0.1) is 0 Å². The quantitative estimate of drug-likeness (QED) is 0.411. The number of carbonyl (C=O) groups excluding carboxylic acids is 2. The van der Waals surface area contributed by atoms with Crippen LogP contribution >= 0.6 is 11.6 Å². The van der Waals surface area contributed by atoms with E-state index in [1.54, 1.807) is 30.3 Å². The molecule has 2 atom stereocenters. The molecule has 0 aliphatic carbocycles. The van der Waals surface area contributed by atoms with Crippen molar-refractivity contribution in [3.05, 3.63) is 76.6 Å². The Morgan fingerprint density at radius 2 is 1.85 bits per heavy atom. The maximum Gasteiger partial charge on any atom is 0.356 e. The van der Waals surface area contributed by atoms with Gasteiger partial charge < -0.3 is 18.9 Å². The molecule has 0 amide bonds. The summed E-state index contributed by atoms with van der Waals surface area (Å²) in [4.78, 5) is 36.5. The second-order valence-electron chi connectivity index (χ2n) is 8.29. The molecule has 0 bridgehead atoms. The van der Waals surface area contributed by atoms with Gasteiger partial charge in [0.2, 0.25) is 0 Å². The van der Waals surface area contributed by atoms with Crippen LogP contribution in [0.15, 0.2) is 59.8 Å². The number of hydrogen-bond donors (Lipinski definition) is 0. The predicted octanol–water partition coefficient (Wildman–Crippen LogP) is 4.28. The minimum absolute atomic E-state index is 0.117. The molecule has 2 aromatic heterocycles. The van der Waals surface area contributed by atoms with Gasteiger partial charge in [0.1, 0.15) is 17.1 Å². The molecular formula is C25H18ClN3O5. The van der Waals surface area contributed by atoms with Crippen LogP contribution in [-0.2, 0) is 25.7 Å². The summed E-state index contributed by atoms with van der Waals surface area (Å²) in [5.74, 6) is -1.09. The molecule has 2 unspecified atom stereocenters. The molecule has 4 aromatic rings. The SMILES string of the molecule is COC(=O)c1cc2c3ccccc3n3c2c(n1)C1=NOC(c2ccc(Cl)cc2)C1(C(=O)OC)C3. The van der Waals surface area contributed by atoms with Gasteiger partial charge in [0.25, 0.3) is 0 Å². The van der Waals surface area contributed by atoms with Gasteiger partial charge in [0.05, 0.1) is 19.7 Å². The highest BCUT2D eigenvalue weighted by Crippen LogP contribution is 2.52. The number of para-hydroxylation sites is 1. The minimum atomic E-state index is -1.33. The minimum Gasteiger partial charge on any atom is -0.468 e. The predicted molar refractivity (Wildman–Crippen MR) is 125 cm³/mol. The van der Waals surface area contributed by atoms with Crippen molar-refractivity contribution in [2.45, 2.75) is 12.6 Å². The van der Waals surface area contributed by atoms with Crippen molar-refractivity contribution in [2.75, 3.05) is 14.2 Å². The van der Waals surface area contributed by atoms with Gasteiger partial charge in [-0.2, -0.15) is 0 Å². The molecule has 2 aliphatic rings. The van der Waals surface area contributed by atoms with Gasteiger partial charge in [-0.1, -0.05) is 47.1 Å². The van der Waals surface area contributed by atoms with Gasteiger partial charge in [-0.25, -0.2) is 9.78 Å². The molecule has 0 radical (unpaired) electrons. The second-order valence-corrected chi connectivity index (χ2v) is 8.72. The van der Waals surface area contributed by atoms with Crippen LogP contribution in [-0.4, -0.2) is 41.4 Å². The van der Waals surface area contributed by atoms with Crippen molar-refractivity contribution in [1.29, 1.82) is 0 Å². The molecule has 34 heavy (non-hydrogen) atoms. The molecule has 0 spiro atoms. The summed E-state index contributed by atoms with van der Waals surface area (Å²) >= 11 is 6.09. The molecule has 0 fully saturated rings. The first-order valence-corrected chi connectivity index (χ1v) is 11.0. The lowest BCUT2D eigenvalue weighted by Crippen LogP contribution is -2.48. The van der Waals surface area contributed by atoms with E-state index in [1.807, 2.05) is 28.8 Å². The topological polar surface area (TPSA) is 92.0 Å². The van der Waals surface area contributed by atoms with E-state index in [-0.39, 0.29) is 12.2 Å². The highest BCUT2D eigenvalue weighted by atomic mass is 35.5. The van der Waals surface area contributed by atoms with Crippen LogP contribution in [0.2, 0.25) is 5.02 Å². The molecule has 0 saturated heterocycles. The Labute approximate surface area is 198 Å². The molecule has 6 rings (SSSR count). The van der Waals surface area contributed by atoms with E-state index in [1.165, 1.54) is 14.2 Å². The number of halogens is 1. The fraction of sp³-hybridized carbons (Fsp3) is 0.200. The number of nitrogens with zero attached hydrogens (tertiary/aromatic N) is 3. The standard InChI is InChI=1S/C25H18ClN3O5/c1-32-23(30)17-11-16-15-5-3-4-6-18(15)29-12-25(24(31)33-2)21(19(27-17)20(16)29)28-34-22(25)13-7-9-14(26)10-8-13/h3-11,22H,12H2,1-2H3. The van der Waals surface area contributed by atoms with Gasteiger partial charge in [-0.05, 0) is 29.8 Å². The van der Waals surface area contributed by atoms with Gasteiger partial charge in [-0.3, -0.25) is 4.79 Å². The van der Waals surface area contributed by atoms with E-state index in [9.17, 15) is 9.59 Å². The number of carbonyl (C=O) groups is 2. The molecule has 170 valence electrons. The number of benzene rings is 2. The Kier molecular flexibility index (Phi) is 4.44. The van der Waals surface area contributed by atoms with Crippen molar-refractivity contribution < 1.29 is 23.9 Å². The number of fused-ring (bicyclic) bond motifs is 5. The average Bonchev–Trinajstić information content (AvgIpc) is 3.42. The van der Waals surface area contributed by atoms with Crippen LogP contribution in [0.4, 0.5) is 0 Å². The van der Waals surface area contributed by atoms with E-state index in [4.69, 9.17) is 25.9 Å². The lowest BCUT2D eigenvalue weighted by atomic mass is 9.72. The number of methoxy groups -OCH3 is 2. The summed E-state index contributed by atoms with van der Waals surface area (Å²) in [7, 11) is 2.64. The lowest BCUT2D eigenvalue weighted by molar-refractivity contribution is -0.155. The summed E-state index contributed by atoms with van der Waals surface area (Å²) in [5.41, 5.74) is 1.89. The Bertz CT molecular complexity index is 1540. The Morgan fingerprint density at radius 3 is 2.59 bits per heavy atom. The molecule has 2 aliphatic heterocycles. The Hall–Kier alpha value is -3.91. The summed E-state index contributed by atoms with van der Waals surface area (Å²) < 4.78 is 12.3. The van der Waals surface area contributed by atoms with Crippen LogP contribution in [0.5, 0.6) is 0 Å². The first kappa shape index (κ1) is 20.7. The normalized spacial score (nSPS) is 20.6. The molecule has 0 saturated carbocycles. The monoisotopic (exact) mass is 475 g/mol. The van der Waals surface area contributed by atoms with Crippen LogP contribution in [0, 0.1) is 5.41 Å². The third-order valence-corrected chi connectivity index (χ3v) is 6.87. The Morgan fingerprint density at radius 1 is 1.09 bits per heavy atom. The highest BCUT2D eigenvalue weighted by molar-refractivity contribution is 6.30. The van der Waals surface area contributed by atoms with E-state index >= 15 is 0 Å². The fourth-order valence-electron chi connectivity index (χ4n) is 5.11. The molecule has 2 aromatic carbocycles. The first-order valence-electron chi connectivity index (χ1n) is 10.6. The van der Waals surface area contributed by atoms with E-state index < -0.39 is 23.5 Å². The lowest BCUT2D eigenvalue weighted by Gasteiger charge is -2.35. The van der Waals surface area contributed by atoms with Crippen molar-refractivity contribution in [1.82, 2.24) is 9.55 Å². The van der Waals surface area contributed by atoms with Crippen LogP contribution in [0.25, 0.3) is 21.8 Å². The maximum atomic E-state index is 13.5. The van der Waals surface area contributed by atoms with Gasteiger partial charge in [0, 0.05) is 27.9 Å². The van der Waals surface area contributed by atoms with E-state index in [2.05, 4.69) is 10.1 Å². The van der Waals surface area contributed by atoms with Crippen molar-refractivity contribution >= 4 is 51.1 Å². The van der Waals surface area contributed by atoms with Crippen molar-refractivity contribution in [3.8, 4) is 0 Å². The van der Waals surface area contributed by atoms with Gasteiger partial charge >= 0.3 is 11.9 Å². The molecular weight excluding hydrogens is 458 g/mol. The third-order valence-electron chi connectivity index (χ3n) is 6.62. The van der Waals surface area contributed by atoms with E-state index in [0.29, 0.717) is 22.0 Å². The zero-order chi connectivity index (χ0) is 23.6. The summed E-state index contributed by atoms with van der Waals surface area (Å²) in [6, 6.07) is 16.6. The summed E-state index contributed by atoms with van der Waals surface area (Å²) in [6.07, 6.45) is -0.778. The second kappa shape index (κ2) is 7.30. The Balaban J connectivity index is 1.69. The number of aromatic nitrogens is 2. The van der Waals surface area contributed by atoms with Crippen molar-refractivity contribution in [2.24, 2.45) is 10.6 Å². The van der Waals surface area contributed by atoms with Crippen LogP contribution < -0.4 is 0 Å². The molecule has 8 nitrogen and oxygen atoms in total. The van der Waals surface area contributed by atoms with Crippen LogP contribution in [0.1, 0.15) is 27.8 Å². The maximum absolute atomic E-state index is 13.5. The molecule has 9 heteroatoms. The largest absolute Gasteiger partial charge is 0.468 e. The number of oxime groups is 1. The smallest absolute Gasteiger partial charge is 0.356 e. The van der Waals surface area contributed by atoms with Gasteiger partial charge in [0.15, 0.2) is 11.5 Å². The van der Waals surface area contributed by atoms with Crippen LogP contribution in [0.3, 0.4) is 0 Å². The van der Waals surface area contributed by atoms with E-state index in [0.717, 1.165) is 21.8 Å². The fourth-order valence-corrected chi connectivity index (χ4v) is 5.23. The molecule has 0 N–H and O–H groups in total. The number of ether oxygens (including phenoxy) is 2. The first-order chi connectivity index (χ1) is 16.5. The zero-order valence-corrected chi connectivity index (χ0v) is 19.0. The number of rotatable bonds is 3. The number of pyridine rings is 1.